The lowest BCUT2D eigenvalue weighted by Crippen LogP contribution is -2.70. The maximum atomic E-state index is 15.5. The van der Waals surface area contributed by atoms with E-state index in [1.165, 1.54) is 5.06 Å². The molecule has 0 unspecified atom stereocenters. The summed E-state index contributed by atoms with van der Waals surface area (Å²) in [7, 11) is 0. The summed E-state index contributed by atoms with van der Waals surface area (Å²) in [4.78, 5) is 64.7. The van der Waals surface area contributed by atoms with Gasteiger partial charge in [-0.3, -0.25) is 24.0 Å². The first-order valence-electron chi connectivity index (χ1n) is 23.2. The van der Waals surface area contributed by atoms with E-state index in [1.54, 1.807) is 37.8 Å². The molecule has 2 amide bonds. The first kappa shape index (κ1) is 46.5. The Balaban J connectivity index is 0.926. The molecule has 8 aliphatic rings. The van der Waals surface area contributed by atoms with E-state index in [0.29, 0.717) is 12.8 Å². The number of esters is 2. The average Bonchev–Trinajstić information content (AvgIpc) is 4.20. The Morgan fingerprint density at radius 1 is 0.969 bits per heavy atom. The van der Waals surface area contributed by atoms with Crippen molar-refractivity contribution >= 4 is 29.8 Å². The zero-order valence-corrected chi connectivity index (χ0v) is 37.1. The molecule has 0 spiro atoms. The van der Waals surface area contributed by atoms with Crippen LogP contribution in [0.4, 0.5) is 0 Å². The third-order valence-corrected chi connectivity index (χ3v) is 14.2. The summed E-state index contributed by atoms with van der Waals surface area (Å²) in [6.07, 6.45) is -1.53. The van der Waals surface area contributed by atoms with Crippen LogP contribution in [0, 0.1) is 17.3 Å². The summed E-state index contributed by atoms with van der Waals surface area (Å²) in [6.45, 7) is 4.67. The molecule has 1 aromatic rings. The fourth-order valence-corrected chi connectivity index (χ4v) is 10.8. The van der Waals surface area contributed by atoms with Gasteiger partial charge in [-0.2, -0.15) is 5.06 Å². The van der Waals surface area contributed by atoms with Gasteiger partial charge < -0.3 is 64.2 Å². The molecular formula is C46H63N3O16. The number of nitrogens with zero attached hydrogens (tertiary/aromatic N) is 2. The van der Waals surface area contributed by atoms with Crippen LogP contribution >= 0.6 is 0 Å². The van der Waals surface area contributed by atoms with Crippen molar-refractivity contribution in [3.8, 4) is 0 Å². The zero-order valence-electron chi connectivity index (χ0n) is 37.1. The highest BCUT2D eigenvalue weighted by Gasteiger charge is 2.78. The van der Waals surface area contributed by atoms with Crippen LogP contribution in [-0.2, 0) is 59.0 Å². The molecule has 5 saturated heterocycles. The van der Waals surface area contributed by atoms with Crippen molar-refractivity contribution < 1.29 is 78.0 Å². The first-order chi connectivity index (χ1) is 31.1. The van der Waals surface area contributed by atoms with E-state index in [-0.39, 0.29) is 50.8 Å². The van der Waals surface area contributed by atoms with Crippen molar-refractivity contribution in [2.45, 2.75) is 170 Å². The molecule has 8 fully saturated rings. The van der Waals surface area contributed by atoms with E-state index in [1.807, 2.05) is 24.3 Å². The molecule has 19 heteroatoms. The number of benzene rings is 1. The van der Waals surface area contributed by atoms with Crippen LogP contribution in [0.2, 0.25) is 0 Å². The fraction of sp³-hybridized carbons (Fsp3) is 0.739. The van der Waals surface area contributed by atoms with E-state index in [4.69, 9.17) is 33.3 Å². The Hall–Kier alpha value is -3.60. The molecule has 2 bridgehead atoms. The van der Waals surface area contributed by atoms with E-state index in [2.05, 4.69) is 5.32 Å². The number of amides is 2. The van der Waals surface area contributed by atoms with Crippen LogP contribution in [0.15, 0.2) is 30.3 Å². The van der Waals surface area contributed by atoms with Gasteiger partial charge in [0.1, 0.15) is 65.9 Å². The van der Waals surface area contributed by atoms with Gasteiger partial charge in [-0.1, -0.05) is 36.4 Å². The minimum absolute atomic E-state index is 0.0132. The van der Waals surface area contributed by atoms with Gasteiger partial charge in [0.2, 0.25) is 11.8 Å². The number of aliphatic hydroxyl groups is 5. The Labute approximate surface area is 377 Å². The Morgan fingerprint density at radius 3 is 2.34 bits per heavy atom. The maximum Gasteiger partial charge on any atom is 0.327 e. The summed E-state index contributed by atoms with van der Waals surface area (Å²) < 4.78 is 36.5. The van der Waals surface area contributed by atoms with Crippen LogP contribution < -0.4 is 5.32 Å². The predicted molar refractivity (Wildman–Crippen MR) is 223 cm³/mol. The number of rotatable bonds is 16. The van der Waals surface area contributed by atoms with Gasteiger partial charge in [0.15, 0.2) is 18.1 Å². The largest absolute Gasteiger partial charge is 0.460 e. The van der Waals surface area contributed by atoms with Gasteiger partial charge in [-0.05, 0) is 76.8 Å². The molecule has 0 aromatic heterocycles. The van der Waals surface area contributed by atoms with Crippen LogP contribution in [-0.4, -0.2) is 170 Å². The lowest BCUT2D eigenvalue weighted by Gasteiger charge is -2.50. The molecule has 1 aromatic carbocycles. The minimum atomic E-state index is -1.55. The van der Waals surface area contributed by atoms with Gasteiger partial charge >= 0.3 is 11.9 Å². The summed E-state index contributed by atoms with van der Waals surface area (Å²) in [5, 5.41) is 54.4. The van der Waals surface area contributed by atoms with Gasteiger partial charge in [0.05, 0.1) is 32.4 Å². The first-order valence-corrected chi connectivity index (χ1v) is 23.2. The molecule has 3 aliphatic carbocycles. The molecule has 0 radical (unpaired) electrons. The molecule has 19 nitrogen and oxygen atoms in total. The summed E-state index contributed by atoms with van der Waals surface area (Å²) >= 11 is 0. The number of carbonyl (C=O) groups excluding carboxylic acids is 4. The number of carbonyl (C=O) groups is 4. The van der Waals surface area contributed by atoms with Crippen molar-refractivity contribution in [2.75, 3.05) is 26.4 Å². The average molecular weight is 914 g/mol. The van der Waals surface area contributed by atoms with Crippen LogP contribution in [0.25, 0.3) is 6.08 Å². The summed E-state index contributed by atoms with van der Waals surface area (Å²) in [5.41, 5.74) is -0.607. The highest BCUT2D eigenvalue weighted by atomic mass is 16.8. The highest BCUT2D eigenvalue weighted by molar-refractivity contribution is 5.96. The Morgan fingerprint density at radius 2 is 1.68 bits per heavy atom. The van der Waals surface area contributed by atoms with Gasteiger partial charge in [0, 0.05) is 31.2 Å². The molecule has 358 valence electrons. The molecule has 5 aliphatic heterocycles. The van der Waals surface area contributed by atoms with E-state index < -0.39 is 127 Å². The summed E-state index contributed by atoms with van der Waals surface area (Å²) in [5.74, 6) is -2.36. The second kappa shape index (κ2) is 18.1. The number of hydroxylamine groups is 2. The zero-order chi connectivity index (χ0) is 46.0. The Kier molecular flexibility index (Phi) is 13.0. The Bertz CT molecular complexity index is 1960. The lowest BCUT2D eigenvalue weighted by molar-refractivity contribution is -0.298. The molecule has 6 N–H and O–H groups in total. The molecule has 13 atom stereocenters. The quantitative estimate of drug-likeness (QED) is 0.121. The number of fused-ring (bicyclic) bond motifs is 4. The van der Waals surface area contributed by atoms with Crippen LogP contribution in [0.1, 0.15) is 89.7 Å². The van der Waals surface area contributed by atoms with Gasteiger partial charge in [0.25, 0.3) is 0 Å². The third kappa shape index (κ3) is 8.87. The van der Waals surface area contributed by atoms with Gasteiger partial charge in [-0.15, -0.1) is 0 Å². The monoisotopic (exact) mass is 913 g/mol. The van der Waals surface area contributed by atoms with Crippen LogP contribution in [0.5, 0.6) is 0 Å². The number of likely N-dealkylation sites (tertiary alicyclic amines) is 1. The van der Waals surface area contributed by atoms with Crippen molar-refractivity contribution in [3.63, 3.8) is 0 Å². The van der Waals surface area contributed by atoms with E-state index in [9.17, 15) is 39.9 Å². The topological polar surface area (TPSA) is 253 Å². The molecule has 3 saturated carbocycles. The molecular weight excluding hydrogens is 851 g/mol. The van der Waals surface area contributed by atoms with Crippen molar-refractivity contribution in [1.29, 1.82) is 0 Å². The van der Waals surface area contributed by atoms with Crippen molar-refractivity contribution in [2.24, 2.45) is 17.3 Å². The maximum absolute atomic E-state index is 15.5. The molecule has 9 rings (SSSR count). The smallest absolute Gasteiger partial charge is 0.327 e. The number of nitrogens with one attached hydrogen (secondary N) is 1. The number of hydrogen-bond donors (Lipinski definition) is 6. The lowest BCUT2D eigenvalue weighted by atomic mass is 9.62. The third-order valence-electron chi connectivity index (χ3n) is 14.2. The minimum Gasteiger partial charge on any atom is -0.460 e. The molecule has 5 heterocycles. The van der Waals surface area contributed by atoms with E-state index in [0.717, 1.165) is 36.8 Å². The van der Waals surface area contributed by atoms with Crippen molar-refractivity contribution in [3.05, 3.63) is 41.5 Å². The van der Waals surface area contributed by atoms with Crippen LogP contribution in [0.3, 0.4) is 0 Å². The predicted octanol–water partition coefficient (Wildman–Crippen LogP) is 0.207. The number of hydrogen-bond acceptors (Lipinski definition) is 17. The summed E-state index contributed by atoms with van der Waals surface area (Å²) in [6, 6.07) is 4.61. The van der Waals surface area contributed by atoms with Crippen molar-refractivity contribution in [1.82, 2.24) is 15.3 Å². The normalized spacial score (nSPS) is 37.0. The highest BCUT2D eigenvalue weighted by Crippen LogP contribution is 2.64. The number of aliphatic hydroxyl groups excluding tert-OH is 5. The SMILES string of the molecule is CC(C)(C)OC(=O)CC[C@@H](CO)NC(=O)[C@H]1CCCN1C(=O)[C@@]12C[C@H]3OC(=O)[C@@H]1N(Cc1ccc(C=CCO[C@H]4O[C@H](CO)[C@H](O)[C@H](O)[C@H]4O)cc1)O[C@@H]2[C@H]1OC(C2CC2)(C2CC2)O[C@H]13. The molecule has 65 heavy (non-hydrogen) atoms. The standard InChI is InChI=1S/C46H63N3O16/c1-44(2,3)62-32(52)17-16-28(22-50)47-40(56)29-7-4-18-48(29)43(58)45-20-30-36-37(64-46(63-36,26-12-13-26)27-14-15-27)39(45)65-49(38(45)41(57)60-30)21-25-10-8-24(9-11-25)6-5-19-59-42-35(55)34(54)33(53)31(23-51)61-42/h5-6,8-11,26-31,33-39,42,50-51,53-55H,4,7,12-23H2,1-3H3,(H,47,56)/t28-,29+,30+,31+,33-,34-,35+,36-,37-,38-,39+,42-,45-/m0/s1. The fourth-order valence-electron chi connectivity index (χ4n) is 10.8. The van der Waals surface area contributed by atoms with Gasteiger partial charge in [-0.25, -0.2) is 0 Å². The number of ether oxygens (including phenoxy) is 6. The second-order valence-electron chi connectivity index (χ2n) is 20.0. The second-order valence-corrected chi connectivity index (χ2v) is 20.0. The van der Waals surface area contributed by atoms with E-state index >= 15 is 4.79 Å².